The molecule has 1 aliphatic heterocycles. The Morgan fingerprint density at radius 3 is 2.55 bits per heavy atom. The van der Waals surface area contributed by atoms with Gasteiger partial charge in [0.15, 0.2) is 0 Å². The number of rotatable bonds is 11. The number of hydrogen-bond acceptors (Lipinski definition) is 4. The van der Waals surface area contributed by atoms with Crippen molar-refractivity contribution in [3.8, 4) is 12.3 Å². The maximum Gasteiger partial charge on any atom is 0.321 e. The lowest BCUT2D eigenvalue weighted by Crippen LogP contribution is -2.62. The van der Waals surface area contributed by atoms with Crippen LogP contribution < -0.4 is 11.1 Å². The molecule has 2 aromatic rings. The van der Waals surface area contributed by atoms with Crippen LogP contribution in [0.2, 0.25) is 10.0 Å². The maximum absolute atomic E-state index is 15.7. The second-order valence-electron chi connectivity index (χ2n) is 11.3. The second-order valence-corrected chi connectivity index (χ2v) is 12.2. The van der Waals surface area contributed by atoms with Gasteiger partial charge >= 0.3 is 5.97 Å². The number of nitrogens with zero attached hydrogens (tertiary/aromatic N) is 1. The molecular formula is C32H40Cl2FN3O2. The smallest absolute Gasteiger partial charge is 0.321 e. The van der Waals surface area contributed by atoms with Gasteiger partial charge in [-0.25, -0.2) is 4.39 Å². The van der Waals surface area contributed by atoms with E-state index in [1.165, 1.54) is 6.07 Å². The van der Waals surface area contributed by atoms with Crippen LogP contribution in [-0.4, -0.2) is 41.1 Å². The number of nitrogens with two attached hydrogens (primary N) is 1. The fourth-order valence-electron chi connectivity index (χ4n) is 7.25. The number of likely N-dealkylation sites (N-methyl/N-ethyl adjacent to an activating group) is 1. The third kappa shape index (κ3) is 5.59. The summed E-state index contributed by atoms with van der Waals surface area (Å²) in [7, 11) is 1.83. The SMILES string of the molecule is C#CCCCCCCCNc1cc(Cl)ccc1[C@]1(N)C(c2cccc(Cl)c2F)C(C(=O)O)N(C)C12CCCCC2. The molecule has 40 heavy (non-hydrogen) atoms. The second kappa shape index (κ2) is 13.1. The highest BCUT2D eigenvalue weighted by Gasteiger charge is 2.68. The highest BCUT2D eigenvalue weighted by molar-refractivity contribution is 6.31. The molecule has 2 unspecified atom stereocenters. The lowest BCUT2D eigenvalue weighted by atomic mass is 9.60. The summed E-state index contributed by atoms with van der Waals surface area (Å²) in [6.45, 7) is 0.708. The van der Waals surface area contributed by atoms with E-state index in [1.54, 1.807) is 18.2 Å². The van der Waals surface area contributed by atoms with Crippen LogP contribution in [0.1, 0.15) is 87.7 Å². The Balaban J connectivity index is 1.79. The molecule has 1 aliphatic carbocycles. The first kappa shape index (κ1) is 30.7. The van der Waals surface area contributed by atoms with Crippen LogP contribution >= 0.6 is 23.2 Å². The van der Waals surface area contributed by atoms with Crippen LogP contribution in [0.4, 0.5) is 10.1 Å². The molecule has 4 N–H and O–H groups in total. The fraction of sp³-hybridized carbons (Fsp3) is 0.531. The van der Waals surface area contributed by atoms with Crippen molar-refractivity contribution in [2.75, 3.05) is 18.9 Å². The number of likely N-dealkylation sites (tertiary alicyclic amines) is 1. The standard InChI is InChI=1S/C32H40Cl2FN3O2/c1-3-4-5-6-7-8-12-20-37-26-21-22(33)16-17-24(26)32(36)27(23-14-13-15-25(34)28(23)35)29(30(39)40)38(2)31(32)18-10-9-11-19-31/h1,13-17,21,27,29,37H,4-12,18-20,36H2,2H3,(H,39,40)/t27?,29?,32-/m0/s1. The van der Waals surface area contributed by atoms with Crippen molar-refractivity contribution in [2.45, 2.75) is 93.7 Å². The number of unbranched alkanes of at least 4 members (excludes halogenated alkanes) is 5. The molecule has 2 aliphatic rings. The molecule has 4 rings (SSSR count). The summed E-state index contributed by atoms with van der Waals surface area (Å²) < 4.78 is 15.7. The van der Waals surface area contributed by atoms with Gasteiger partial charge in [-0.3, -0.25) is 9.69 Å². The minimum atomic E-state index is -1.24. The quantitative estimate of drug-likeness (QED) is 0.187. The van der Waals surface area contributed by atoms with Gasteiger partial charge in [-0.2, -0.15) is 0 Å². The van der Waals surface area contributed by atoms with E-state index in [-0.39, 0.29) is 10.6 Å². The molecule has 8 heteroatoms. The van der Waals surface area contributed by atoms with Gasteiger partial charge in [0.2, 0.25) is 0 Å². The van der Waals surface area contributed by atoms with Crippen LogP contribution in [0.25, 0.3) is 0 Å². The van der Waals surface area contributed by atoms with E-state index in [9.17, 15) is 9.90 Å². The molecule has 0 radical (unpaired) electrons. The topological polar surface area (TPSA) is 78.6 Å². The van der Waals surface area contributed by atoms with Crippen LogP contribution in [0.5, 0.6) is 0 Å². The number of carbonyl (C=O) groups is 1. The molecule has 3 atom stereocenters. The molecule has 1 heterocycles. The van der Waals surface area contributed by atoms with Gasteiger partial charge < -0.3 is 16.2 Å². The Morgan fingerprint density at radius 1 is 1.15 bits per heavy atom. The zero-order valence-corrected chi connectivity index (χ0v) is 24.7. The molecule has 1 spiro atoms. The Labute approximate surface area is 247 Å². The number of anilines is 1. The zero-order chi connectivity index (χ0) is 28.9. The molecule has 2 aromatic carbocycles. The monoisotopic (exact) mass is 587 g/mol. The third-order valence-corrected chi connectivity index (χ3v) is 9.69. The molecule has 0 bridgehead atoms. The van der Waals surface area contributed by atoms with Crippen molar-refractivity contribution in [1.82, 2.24) is 4.90 Å². The average Bonchev–Trinajstić information content (AvgIpc) is 3.11. The summed E-state index contributed by atoms with van der Waals surface area (Å²) in [5.74, 6) is 0.150. The minimum Gasteiger partial charge on any atom is -0.480 e. The Morgan fingerprint density at radius 2 is 1.85 bits per heavy atom. The number of carboxylic acids is 1. The van der Waals surface area contributed by atoms with Gasteiger partial charge in [-0.15, -0.1) is 12.3 Å². The number of nitrogens with one attached hydrogen (secondary N) is 1. The van der Waals surface area contributed by atoms with Gasteiger partial charge in [-0.1, -0.05) is 79.9 Å². The van der Waals surface area contributed by atoms with E-state index in [2.05, 4.69) is 11.2 Å². The lowest BCUT2D eigenvalue weighted by Gasteiger charge is -2.51. The molecule has 1 saturated carbocycles. The molecule has 216 valence electrons. The Hall–Kier alpha value is -2.30. The number of aliphatic carboxylic acids is 1. The molecule has 1 saturated heterocycles. The summed E-state index contributed by atoms with van der Waals surface area (Å²) in [5.41, 5.74) is 7.45. The molecule has 5 nitrogen and oxygen atoms in total. The normalized spacial score (nSPS) is 24.2. The lowest BCUT2D eigenvalue weighted by molar-refractivity contribution is -0.143. The van der Waals surface area contributed by atoms with Gasteiger partial charge in [0.25, 0.3) is 0 Å². The number of halogens is 3. The summed E-state index contributed by atoms with van der Waals surface area (Å²) in [6, 6.07) is 9.27. The summed E-state index contributed by atoms with van der Waals surface area (Å²) in [4.78, 5) is 14.8. The van der Waals surface area contributed by atoms with Gasteiger partial charge in [0, 0.05) is 35.1 Å². The zero-order valence-electron chi connectivity index (χ0n) is 23.2. The van der Waals surface area contributed by atoms with Crippen molar-refractivity contribution >= 4 is 34.9 Å². The molecule has 0 amide bonds. The van der Waals surface area contributed by atoms with E-state index >= 15 is 4.39 Å². The minimum absolute atomic E-state index is 0.0482. The largest absolute Gasteiger partial charge is 0.480 e. The van der Waals surface area contributed by atoms with Gasteiger partial charge in [-0.05, 0) is 62.1 Å². The predicted octanol–water partition coefficient (Wildman–Crippen LogP) is 7.56. The van der Waals surface area contributed by atoms with Crippen LogP contribution in [0.3, 0.4) is 0 Å². The first-order valence-electron chi connectivity index (χ1n) is 14.3. The van der Waals surface area contributed by atoms with Crippen LogP contribution in [0.15, 0.2) is 36.4 Å². The van der Waals surface area contributed by atoms with Crippen molar-refractivity contribution < 1.29 is 14.3 Å². The highest BCUT2D eigenvalue weighted by atomic mass is 35.5. The Kier molecular flexibility index (Phi) is 10.1. The van der Waals surface area contributed by atoms with E-state index in [0.29, 0.717) is 24.4 Å². The highest BCUT2D eigenvalue weighted by Crippen LogP contribution is 2.61. The fourth-order valence-corrected chi connectivity index (χ4v) is 7.61. The molecular weight excluding hydrogens is 548 g/mol. The first-order valence-corrected chi connectivity index (χ1v) is 15.1. The average molecular weight is 589 g/mol. The van der Waals surface area contributed by atoms with Crippen molar-refractivity contribution in [3.05, 3.63) is 63.4 Å². The summed E-state index contributed by atoms with van der Waals surface area (Å²) in [5, 5.41) is 14.6. The van der Waals surface area contributed by atoms with E-state index in [0.717, 1.165) is 69.0 Å². The molecule has 2 fully saturated rings. The van der Waals surface area contributed by atoms with Crippen molar-refractivity contribution in [3.63, 3.8) is 0 Å². The van der Waals surface area contributed by atoms with Crippen molar-refractivity contribution in [1.29, 1.82) is 0 Å². The summed E-state index contributed by atoms with van der Waals surface area (Å²) in [6.07, 6.45) is 15.7. The first-order chi connectivity index (χ1) is 19.2. The van der Waals surface area contributed by atoms with Crippen LogP contribution in [0, 0.1) is 18.2 Å². The van der Waals surface area contributed by atoms with Gasteiger partial charge in [0.1, 0.15) is 11.9 Å². The Bertz CT molecular complexity index is 1240. The van der Waals surface area contributed by atoms with E-state index in [1.807, 2.05) is 24.1 Å². The van der Waals surface area contributed by atoms with Crippen molar-refractivity contribution in [2.24, 2.45) is 5.73 Å². The maximum atomic E-state index is 15.7. The number of hydrogen-bond donors (Lipinski definition) is 3. The third-order valence-electron chi connectivity index (χ3n) is 9.16. The number of terminal acetylenes is 1. The van der Waals surface area contributed by atoms with Crippen LogP contribution in [-0.2, 0) is 10.3 Å². The predicted molar refractivity (Wildman–Crippen MR) is 161 cm³/mol. The van der Waals surface area contributed by atoms with E-state index < -0.39 is 34.8 Å². The number of carboxylic acid groups (broad SMARTS) is 1. The molecule has 0 aromatic heterocycles. The van der Waals surface area contributed by atoms with Gasteiger partial charge in [0.05, 0.1) is 10.6 Å². The number of benzene rings is 2. The summed E-state index contributed by atoms with van der Waals surface area (Å²) >= 11 is 12.7. The van der Waals surface area contributed by atoms with E-state index in [4.69, 9.17) is 35.4 Å².